The van der Waals surface area contributed by atoms with Gasteiger partial charge in [-0.3, -0.25) is 4.79 Å². The lowest BCUT2D eigenvalue weighted by Gasteiger charge is -2.34. The molecule has 0 N–H and O–H groups in total. The molecule has 1 unspecified atom stereocenters. The summed E-state index contributed by atoms with van der Waals surface area (Å²) in [6.07, 6.45) is -1.75. The van der Waals surface area contributed by atoms with Crippen molar-refractivity contribution in [1.82, 2.24) is 9.80 Å². The highest BCUT2D eigenvalue weighted by molar-refractivity contribution is 5.94. The number of carbonyl (C=O) groups is 1. The average molecular weight is 288 g/mol. The van der Waals surface area contributed by atoms with Crippen LogP contribution < -0.4 is 0 Å². The van der Waals surface area contributed by atoms with Gasteiger partial charge in [0, 0.05) is 31.8 Å². The lowest BCUT2D eigenvalue weighted by Crippen LogP contribution is -2.48. The topological polar surface area (TPSA) is 23.6 Å². The van der Waals surface area contributed by atoms with Crippen molar-refractivity contribution in [1.29, 1.82) is 0 Å². The van der Waals surface area contributed by atoms with Crippen molar-refractivity contribution in [3.63, 3.8) is 0 Å². The summed E-state index contributed by atoms with van der Waals surface area (Å²) in [5.41, 5.74) is 0.785. The first-order chi connectivity index (χ1) is 9.27. The molecule has 6 heteroatoms. The van der Waals surface area contributed by atoms with Crippen LogP contribution in [-0.4, -0.2) is 55.1 Å². The van der Waals surface area contributed by atoms with Gasteiger partial charge in [0.15, 0.2) is 0 Å². The molecular weight excluding hydrogens is 269 g/mol. The largest absolute Gasteiger partial charge is 0.395 e. The molecular formula is C14H19F3N2O. The van der Waals surface area contributed by atoms with Crippen molar-refractivity contribution in [3.8, 4) is 0 Å². The highest BCUT2D eigenvalue weighted by atomic mass is 19.4. The fourth-order valence-electron chi connectivity index (χ4n) is 2.57. The van der Waals surface area contributed by atoms with Crippen LogP contribution in [0.15, 0.2) is 23.3 Å². The number of carbonyl (C=O) groups excluding carboxylic acids is 1. The molecule has 0 bridgehead atoms. The first-order valence-electron chi connectivity index (χ1n) is 6.71. The summed E-state index contributed by atoms with van der Waals surface area (Å²) in [5, 5.41) is 0. The van der Waals surface area contributed by atoms with Crippen LogP contribution in [0.1, 0.15) is 13.3 Å². The number of alkyl halides is 3. The third kappa shape index (κ3) is 3.42. The van der Waals surface area contributed by atoms with Crippen molar-refractivity contribution < 1.29 is 18.0 Å². The molecule has 20 heavy (non-hydrogen) atoms. The fraction of sp³-hybridized carbons (Fsp3) is 0.643. The van der Waals surface area contributed by atoms with Crippen molar-refractivity contribution in [2.75, 3.05) is 33.2 Å². The van der Waals surface area contributed by atoms with E-state index in [9.17, 15) is 18.0 Å². The number of allylic oxidation sites excluding steroid dienone is 3. The minimum Gasteiger partial charge on any atom is -0.336 e. The zero-order chi connectivity index (χ0) is 14.9. The Kier molecular flexibility index (Phi) is 4.22. The standard InChI is InChI=1S/C14H19F3N2O/c1-10-7-11(9-12(8-10)14(15,16)17)13(20)19-5-3-18(2)4-6-19/h7-8,12H,3-6,9H2,1-2H3. The molecule has 0 aromatic heterocycles. The Labute approximate surface area is 116 Å². The Balaban J connectivity index is 2.09. The summed E-state index contributed by atoms with van der Waals surface area (Å²) < 4.78 is 38.5. The normalized spacial score (nSPS) is 25.2. The number of amides is 1. The zero-order valence-corrected chi connectivity index (χ0v) is 11.7. The van der Waals surface area contributed by atoms with Gasteiger partial charge >= 0.3 is 6.18 Å². The number of nitrogens with zero attached hydrogens (tertiary/aromatic N) is 2. The van der Waals surface area contributed by atoms with Crippen LogP contribution in [-0.2, 0) is 4.79 Å². The van der Waals surface area contributed by atoms with Crippen LogP contribution in [0.5, 0.6) is 0 Å². The predicted octanol–water partition coefficient (Wildman–Crippen LogP) is 2.22. The number of hydrogen-bond acceptors (Lipinski definition) is 2. The second-order valence-electron chi connectivity index (χ2n) is 5.53. The Morgan fingerprint density at radius 2 is 1.85 bits per heavy atom. The van der Waals surface area contributed by atoms with Crippen LogP contribution in [0.3, 0.4) is 0 Å². The Bertz CT molecular complexity index is 446. The van der Waals surface area contributed by atoms with E-state index in [0.717, 1.165) is 13.1 Å². The molecule has 1 saturated heterocycles. The van der Waals surface area contributed by atoms with E-state index in [1.165, 1.54) is 6.08 Å². The van der Waals surface area contributed by atoms with Gasteiger partial charge in [-0.1, -0.05) is 17.7 Å². The summed E-state index contributed by atoms with van der Waals surface area (Å²) in [6, 6.07) is 0. The molecule has 0 aromatic rings. The lowest BCUT2D eigenvalue weighted by atomic mass is 9.89. The van der Waals surface area contributed by atoms with Gasteiger partial charge in [-0.15, -0.1) is 0 Å². The molecule has 0 radical (unpaired) electrons. The quantitative estimate of drug-likeness (QED) is 0.738. The van der Waals surface area contributed by atoms with E-state index < -0.39 is 12.1 Å². The second-order valence-corrected chi connectivity index (χ2v) is 5.53. The Hall–Kier alpha value is -1.30. The van der Waals surface area contributed by atoms with Gasteiger partial charge in [0.1, 0.15) is 0 Å². The van der Waals surface area contributed by atoms with E-state index in [1.807, 2.05) is 7.05 Å². The molecule has 0 saturated carbocycles. The molecule has 1 heterocycles. The zero-order valence-electron chi connectivity index (χ0n) is 11.7. The molecule has 2 aliphatic rings. The van der Waals surface area contributed by atoms with Crippen LogP contribution in [0.2, 0.25) is 0 Å². The summed E-state index contributed by atoms with van der Waals surface area (Å²) in [7, 11) is 1.97. The maximum absolute atomic E-state index is 12.8. The summed E-state index contributed by atoms with van der Waals surface area (Å²) in [6.45, 7) is 4.28. The number of rotatable bonds is 1. The second kappa shape index (κ2) is 5.60. The Morgan fingerprint density at radius 1 is 1.25 bits per heavy atom. The SMILES string of the molecule is CC1=CC(C(F)(F)F)CC(C(=O)N2CCN(C)CC2)=C1. The third-order valence-corrected chi connectivity index (χ3v) is 3.79. The molecule has 3 nitrogen and oxygen atoms in total. The van der Waals surface area contributed by atoms with Crippen molar-refractivity contribution in [2.45, 2.75) is 19.5 Å². The average Bonchev–Trinajstić information content (AvgIpc) is 2.37. The van der Waals surface area contributed by atoms with Gasteiger partial charge in [0.05, 0.1) is 5.92 Å². The van der Waals surface area contributed by atoms with Gasteiger partial charge in [0.25, 0.3) is 0 Å². The minimum absolute atomic E-state index is 0.244. The van der Waals surface area contributed by atoms with Gasteiger partial charge in [-0.05, 0) is 20.4 Å². The molecule has 1 aliphatic carbocycles. The maximum Gasteiger partial charge on any atom is 0.395 e. The van der Waals surface area contributed by atoms with Gasteiger partial charge in [-0.2, -0.15) is 13.2 Å². The van der Waals surface area contributed by atoms with Crippen LogP contribution >= 0.6 is 0 Å². The van der Waals surface area contributed by atoms with Crippen molar-refractivity contribution >= 4 is 5.91 Å². The summed E-state index contributed by atoms with van der Waals surface area (Å²) in [5.74, 6) is -1.79. The van der Waals surface area contributed by atoms with Gasteiger partial charge in [0.2, 0.25) is 5.91 Å². The number of hydrogen-bond donors (Lipinski definition) is 0. The Morgan fingerprint density at radius 3 is 2.40 bits per heavy atom. The first kappa shape index (κ1) is 15.1. The summed E-state index contributed by atoms with van der Waals surface area (Å²) in [4.78, 5) is 16.1. The molecule has 0 aromatic carbocycles. The van der Waals surface area contributed by atoms with Gasteiger partial charge in [-0.25, -0.2) is 0 Å². The molecule has 1 amide bonds. The molecule has 1 fully saturated rings. The molecule has 112 valence electrons. The molecule has 0 spiro atoms. The molecule has 1 atom stereocenters. The minimum atomic E-state index is -4.29. The monoisotopic (exact) mass is 288 g/mol. The maximum atomic E-state index is 12.8. The van der Waals surface area contributed by atoms with Crippen molar-refractivity contribution in [3.05, 3.63) is 23.3 Å². The van der Waals surface area contributed by atoms with E-state index in [1.54, 1.807) is 17.9 Å². The molecule has 1 aliphatic heterocycles. The van der Waals surface area contributed by atoms with Gasteiger partial charge < -0.3 is 9.80 Å². The number of likely N-dealkylation sites (N-methyl/N-ethyl adjacent to an activating group) is 1. The fourth-order valence-corrected chi connectivity index (χ4v) is 2.57. The van der Waals surface area contributed by atoms with Crippen LogP contribution in [0.4, 0.5) is 13.2 Å². The van der Waals surface area contributed by atoms with E-state index in [-0.39, 0.29) is 17.9 Å². The summed E-state index contributed by atoms with van der Waals surface area (Å²) >= 11 is 0. The number of piperazine rings is 1. The van der Waals surface area contributed by atoms with E-state index >= 15 is 0 Å². The predicted molar refractivity (Wildman–Crippen MR) is 70.1 cm³/mol. The van der Waals surface area contributed by atoms with E-state index in [2.05, 4.69) is 4.90 Å². The number of halogens is 3. The van der Waals surface area contributed by atoms with E-state index in [4.69, 9.17) is 0 Å². The molecule has 2 rings (SSSR count). The third-order valence-electron chi connectivity index (χ3n) is 3.79. The first-order valence-corrected chi connectivity index (χ1v) is 6.71. The van der Waals surface area contributed by atoms with E-state index in [0.29, 0.717) is 18.7 Å². The highest BCUT2D eigenvalue weighted by Gasteiger charge is 2.41. The van der Waals surface area contributed by atoms with Crippen molar-refractivity contribution in [2.24, 2.45) is 5.92 Å². The smallest absolute Gasteiger partial charge is 0.336 e. The highest BCUT2D eigenvalue weighted by Crippen LogP contribution is 2.36. The van der Waals surface area contributed by atoms with Crippen LogP contribution in [0.25, 0.3) is 0 Å². The van der Waals surface area contributed by atoms with Crippen LogP contribution in [0, 0.1) is 5.92 Å². The lowest BCUT2D eigenvalue weighted by molar-refractivity contribution is -0.161.